The summed E-state index contributed by atoms with van der Waals surface area (Å²) < 4.78 is 19.5. The van der Waals surface area contributed by atoms with Gasteiger partial charge in [0.25, 0.3) is 0 Å². The van der Waals surface area contributed by atoms with Gasteiger partial charge in [0.05, 0.1) is 5.56 Å². The van der Waals surface area contributed by atoms with E-state index in [1.54, 1.807) is 36.4 Å². The van der Waals surface area contributed by atoms with Crippen LogP contribution in [-0.4, -0.2) is 5.97 Å². The largest absolute Gasteiger partial charge is 0.423 e. The molecular weight excluding hydrogens is 327 g/mol. The van der Waals surface area contributed by atoms with Crippen LogP contribution in [0.15, 0.2) is 48.5 Å². The fraction of sp³-hybridized carbons (Fsp3) is 0.435. The summed E-state index contributed by atoms with van der Waals surface area (Å²) >= 11 is 0. The van der Waals surface area contributed by atoms with Gasteiger partial charge in [-0.2, -0.15) is 0 Å². The lowest BCUT2D eigenvalue weighted by Gasteiger charge is -2.08. The highest BCUT2D eigenvalue weighted by Gasteiger charge is 2.10. The van der Waals surface area contributed by atoms with E-state index >= 15 is 0 Å². The summed E-state index contributed by atoms with van der Waals surface area (Å²) in [5.74, 6) is -0.525. The molecule has 2 aromatic carbocycles. The third-order valence-electron chi connectivity index (χ3n) is 4.54. The van der Waals surface area contributed by atoms with E-state index in [2.05, 4.69) is 6.92 Å². The molecule has 0 aromatic heterocycles. The van der Waals surface area contributed by atoms with E-state index in [9.17, 15) is 9.18 Å². The summed E-state index contributed by atoms with van der Waals surface area (Å²) in [5.41, 5.74) is 1.14. The van der Waals surface area contributed by atoms with E-state index in [4.69, 9.17) is 4.74 Å². The van der Waals surface area contributed by atoms with Crippen molar-refractivity contribution in [2.45, 2.75) is 64.7 Å². The molecule has 0 unspecified atom stereocenters. The van der Waals surface area contributed by atoms with Gasteiger partial charge in [0.15, 0.2) is 0 Å². The molecule has 0 saturated heterocycles. The first kappa shape index (κ1) is 20.2. The molecule has 0 amide bonds. The maximum absolute atomic E-state index is 14.2. The zero-order chi connectivity index (χ0) is 18.6. The third kappa shape index (κ3) is 6.99. The Morgan fingerprint density at radius 3 is 2.19 bits per heavy atom. The molecule has 0 radical (unpaired) electrons. The Balaban J connectivity index is 1.74. The first-order valence-electron chi connectivity index (χ1n) is 9.76. The molecule has 0 heterocycles. The molecular formula is C23H29FO2. The second-order valence-corrected chi connectivity index (χ2v) is 6.73. The van der Waals surface area contributed by atoms with Gasteiger partial charge >= 0.3 is 5.97 Å². The second-order valence-electron chi connectivity index (χ2n) is 6.73. The van der Waals surface area contributed by atoms with Crippen LogP contribution in [0.1, 0.15) is 74.2 Å². The van der Waals surface area contributed by atoms with Gasteiger partial charge in [-0.1, -0.05) is 76.1 Å². The Bertz CT molecular complexity index is 667. The van der Waals surface area contributed by atoms with Crippen molar-refractivity contribution in [3.05, 3.63) is 65.5 Å². The minimum atomic E-state index is -0.471. The Kier molecular flexibility index (Phi) is 8.88. The summed E-state index contributed by atoms with van der Waals surface area (Å²) in [4.78, 5) is 12.0. The Labute approximate surface area is 156 Å². The minimum absolute atomic E-state index is 0.246. The first-order valence-corrected chi connectivity index (χ1v) is 9.76. The number of aryl methyl sites for hydroxylation is 1. The molecule has 0 aliphatic carbocycles. The van der Waals surface area contributed by atoms with E-state index in [-0.39, 0.29) is 11.6 Å². The van der Waals surface area contributed by atoms with Crippen molar-refractivity contribution in [1.29, 1.82) is 0 Å². The topological polar surface area (TPSA) is 26.3 Å². The van der Waals surface area contributed by atoms with Gasteiger partial charge < -0.3 is 4.74 Å². The van der Waals surface area contributed by atoms with Gasteiger partial charge in [-0.15, -0.1) is 0 Å². The monoisotopic (exact) mass is 356 g/mol. The van der Waals surface area contributed by atoms with Gasteiger partial charge in [-0.3, -0.25) is 0 Å². The van der Waals surface area contributed by atoms with Crippen LogP contribution in [0.5, 0.6) is 5.75 Å². The predicted octanol–water partition coefficient (Wildman–Crippen LogP) is 6.73. The smallest absolute Gasteiger partial charge is 0.343 e. The number of rotatable bonds is 11. The molecule has 0 spiro atoms. The molecule has 2 rings (SSSR count). The van der Waals surface area contributed by atoms with Crippen LogP contribution in [0.4, 0.5) is 4.39 Å². The highest BCUT2D eigenvalue weighted by Crippen LogP contribution is 2.20. The van der Waals surface area contributed by atoms with Crippen molar-refractivity contribution < 1.29 is 13.9 Å². The molecule has 0 N–H and O–H groups in total. The molecule has 140 valence electrons. The van der Waals surface area contributed by atoms with Crippen LogP contribution in [0.25, 0.3) is 0 Å². The number of benzene rings is 2. The highest BCUT2D eigenvalue weighted by atomic mass is 19.1. The van der Waals surface area contributed by atoms with E-state index in [1.165, 1.54) is 44.6 Å². The average Bonchev–Trinajstić information content (AvgIpc) is 2.66. The van der Waals surface area contributed by atoms with Crippen LogP contribution >= 0.6 is 0 Å². The maximum Gasteiger partial charge on any atom is 0.343 e. The van der Waals surface area contributed by atoms with Crippen LogP contribution in [0.2, 0.25) is 0 Å². The SMILES string of the molecule is CCCCCCCCCCc1ccc(OC(=O)c2ccccc2)cc1F. The van der Waals surface area contributed by atoms with Crippen molar-refractivity contribution in [3.8, 4) is 5.75 Å². The van der Waals surface area contributed by atoms with Gasteiger partial charge in [-0.05, 0) is 36.6 Å². The molecule has 0 aliphatic heterocycles. The number of carbonyl (C=O) groups excluding carboxylic acids is 1. The zero-order valence-corrected chi connectivity index (χ0v) is 15.7. The predicted molar refractivity (Wildman–Crippen MR) is 104 cm³/mol. The van der Waals surface area contributed by atoms with Crippen molar-refractivity contribution in [3.63, 3.8) is 0 Å². The normalized spacial score (nSPS) is 10.7. The fourth-order valence-corrected chi connectivity index (χ4v) is 2.98. The molecule has 0 aliphatic rings. The summed E-state index contributed by atoms with van der Waals surface area (Å²) in [7, 11) is 0. The lowest BCUT2D eigenvalue weighted by atomic mass is 10.0. The van der Waals surface area contributed by atoms with Crippen molar-refractivity contribution in [2.24, 2.45) is 0 Å². The summed E-state index contributed by atoms with van der Waals surface area (Å²) in [6, 6.07) is 13.4. The summed E-state index contributed by atoms with van der Waals surface area (Å²) in [6.45, 7) is 2.22. The maximum atomic E-state index is 14.2. The van der Waals surface area contributed by atoms with E-state index < -0.39 is 5.97 Å². The lowest BCUT2D eigenvalue weighted by molar-refractivity contribution is 0.0734. The van der Waals surface area contributed by atoms with Gasteiger partial charge in [0.2, 0.25) is 0 Å². The molecule has 0 fully saturated rings. The van der Waals surface area contributed by atoms with E-state index in [0.29, 0.717) is 11.1 Å². The third-order valence-corrected chi connectivity index (χ3v) is 4.54. The Morgan fingerprint density at radius 2 is 1.54 bits per heavy atom. The Morgan fingerprint density at radius 1 is 0.885 bits per heavy atom. The number of hydrogen-bond acceptors (Lipinski definition) is 2. The molecule has 0 saturated carbocycles. The highest BCUT2D eigenvalue weighted by molar-refractivity contribution is 5.90. The summed E-state index contributed by atoms with van der Waals surface area (Å²) in [6.07, 6.45) is 10.6. The van der Waals surface area contributed by atoms with Crippen molar-refractivity contribution >= 4 is 5.97 Å². The quantitative estimate of drug-likeness (QED) is 0.253. The average molecular weight is 356 g/mol. The van der Waals surface area contributed by atoms with Gasteiger partial charge in [0, 0.05) is 6.07 Å². The standard InChI is InChI=1S/C23H29FO2/c1-2-3-4-5-6-7-8-10-13-19-16-17-21(18-22(19)24)26-23(25)20-14-11-9-12-15-20/h9,11-12,14-18H,2-8,10,13H2,1H3. The Hall–Kier alpha value is -2.16. The lowest BCUT2D eigenvalue weighted by Crippen LogP contribution is -2.08. The van der Waals surface area contributed by atoms with Crippen LogP contribution in [-0.2, 0) is 6.42 Å². The number of esters is 1. The number of hydrogen-bond donors (Lipinski definition) is 0. The zero-order valence-electron chi connectivity index (χ0n) is 15.7. The molecule has 0 bridgehead atoms. The first-order chi connectivity index (χ1) is 12.7. The van der Waals surface area contributed by atoms with E-state index in [0.717, 1.165) is 19.3 Å². The summed E-state index contributed by atoms with van der Waals surface area (Å²) in [5, 5.41) is 0. The van der Waals surface area contributed by atoms with E-state index in [1.807, 2.05) is 6.07 Å². The molecule has 3 heteroatoms. The number of carbonyl (C=O) groups is 1. The second kappa shape index (κ2) is 11.5. The minimum Gasteiger partial charge on any atom is -0.423 e. The van der Waals surface area contributed by atoms with Crippen LogP contribution in [0, 0.1) is 5.82 Å². The fourth-order valence-electron chi connectivity index (χ4n) is 2.98. The number of halogens is 1. The van der Waals surface area contributed by atoms with Gasteiger partial charge in [-0.25, -0.2) is 9.18 Å². The van der Waals surface area contributed by atoms with Crippen LogP contribution < -0.4 is 4.74 Å². The number of unbranched alkanes of at least 4 members (excludes halogenated alkanes) is 7. The van der Waals surface area contributed by atoms with Crippen LogP contribution in [0.3, 0.4) is 0 Å². The van der Waals surface area contributed by atoms with Crippen molar-refractivity contribution in [1.82, 2.24) is 0 Å². The molecule has 2 aromatic rings. The molecule has 26 heavy (non-hydrogen) atoms. The van der Waals surface area contributed by atoms with Gasteiger partial charge in [0.1, 0.15) is 11.6 Å². The number of ether oxygens (including phenoxy) is 1. The molecule has 2 nitrogen and oxygen atoms in total. The molecule has 0 atom stereocenters. The van der Waals surface area contributed by atoms with Crippen molar-refractivity contribution in [2.75, 3.05) is 0 Å².